The van der Waals surface area contributed by atoms with Gasteiger partial charge < -0.3 is 15.7 Å². The number of carbonyl (C=O) groups excluding carboxylic acids is 3. The van der Waals surface area contributed by atoms with E-state index in [4.69, 9.17) is 4.84 Å². The molecule has 0 saturated heterocycles. The van der Waals surface area contributed by atoms with Crippen LogP contribution in [0.4, 0.5) is 0 Å². The Morgan fingerprint density at radius 2 is 1.63 bits per heavy atom. The van der Waals surface area contributed by atoms with Crippen molar-refractivity contribution in [2.45, 2.75) is 59.8 Å². The largest absolute Gasteiger partial charge is 0.382 e. The van der Waals surface area contributed by atoms with Crippen LogP contribution >= 0.6 is 0 Å². The highest BCUT2D eigenvalue weighted by Gasteiger charge is 2.38. The highest BCUT2D eigenvalue weighted by Crippen LogP contribution is 2.22. The summed E-state index contributed by atoms with van der Waals surface area (Å²) in [5.41, 5.74) is 2.51. The fourth-order valence-corrected chi connectivity index (χ4v) is 2.96. The molecule has 0 fully saturated rings. The Bertz CT molecular complexity index is 700. The summed E-state index contributed by atoms with van der Waals surface area (Å²) in [5, 5.41) is 15.8. The SMILES string of the molecule is CNC(=O)[C@@H](NC(=O)[C@H](CC(C)C)[C@H](O)C(=O)NOCc1ccccc1)C(C)(C)C. The predicted molar refractivity (Wildman–Crippen MR) is 114 cm³/mol. The van der Waals surface area contributed by atoms with Crippen molar-refractivity contribution in [1.82, 2.24) is 16.1 Å². The average Bonchev–Trinajstić information content (AvgIpc) is 2.68. The van der Waals surface area contributed by atoms with Crippen LogP contribution in [0, 0.1) is 17.3 Å². The molecule has 1 aromatic rings. The first-order valence-corrected chi connectivity index (χ1v) is 10.1. The molecule has 1 aromatic carbocycles. The van der Waals surface area contributed by atoms with E-state index in [1.807, 2.05) is 65.0 Å². The molecule has 0 saturated carbocycles. The highest BCUT2D eigenvalue weighted by molar-refractivity contribution is 5.92. The van der Waals surface area contributed by atoms with Gasteiger partial charge in [0.25, 0.3) is 5.91 Å². The molecule has 0 spiro atoms. The van der Waals surface area contributed by atoms with Gasteiger partial charge in [-0.25, -0.2) is 5.48 Å². The van der Waals surface area contributed by atoms with Crippen molar-refractivity contribution < 1.29 is 24.3 Å². The van der Waals surface area contributed by atoms with Gasteiger partial charge in [-0.05, 0) is 23.3 Å². The van der Waals surface area contributed by atoms with Gasteiger partial charge in [-0.15, -0.1) is 0 Å². The Morgan fingerprint density at radius 1 is 1.03 bits per heavy atom. The molecule has 0 aliphatic rings. The van der Waals surface area contributed by atoms with Crippen molar-refractivity contribution in [2.75, 3.05) is 7.05 Å². The number of hydrogen-bond acceptors (Lipinski definition) is 5. The second-order valence-electron chi connectivity index (χ2n) is 8.84. The van der Waals surface area contributed by atoms with Gasteiger partial charge in [0.05, 0.1) is 12.5 Å². The first kappa shape index (κ1) is 25.6. The Labute approximate surface area is 178 Å². The number of benzene rings is 1. The van der Waals surface area contributed by atoms with Gasteiger partial charge in [0.1, 0.15) is 12.1 Å². The first-order valence-electron chi connectivity index (χ1n) is 10.1. The van der Waals surface area contributed by atoms with Crippen molar-refractivity contribution in [2.24, 2.45) is 17.3 Å². The second-order valence-corrected chi connectivity index (χ2v) is 8.84. The average molecular weight is 422 g/mol. The van der Waals surface area contributed by atoms with Crippen LogP contribution in [0.15, 0.2) is 30.3 Å². The molecule has 30 heavy (non-hydrogen) atoms. The minimum Gasteiger partial charge on any atom is -0.382 e. The van der Waals surface area contributed by atoms with E-state index in [1.165, 1.54) is 7.05 Å². The van der Waals surface area contributed by atoms with Gasteiger partial charge >= 0.3 is 0 Å². The van der Waals surface area contributed by atoms with Gasteiger partial charge in [-0.3, -0.25) is 19.2 Å². The lowest BCUT2D eigenvalue weighted by Crippen LogP contribution is -2.56. The van der Waals surface area contributed by atoms with Gasteiger partial charge in [0, 0.05) is 7.05 Å². The summed E-state index contributed by atoms with van der Waals surface area (Å²) in [6.45, 7) is 9.37. The first-order chi connectivity index (χ1) is 14.0. The molecule has 168 valence electrons. The van der Waals surface area contributed by atoms with E-state index in [1.54, 1.807) is 0 Å². The van der Waals surface area contributed by atoms with Crippen LogP contribution in [0.3, 0.4) is 0 Å². The molecule has 0 heterocycles. The molecule has 0 unspecified atom stereocenters. The number of carbonyl (C=O) groups is 3. The molecular weight excluding hydrogens is 386 g/mol. The Hall–Kier alpha value is -2.45. The van der Waals surface area contributed by atoms with Gasteiger partial charge in [-0.2, -0.15) is 0 Å². The summed E-state index contributed by atoms with van der Waals surface area (Å²) in [7, 11) is 1.49. The Kier molecular flexibility index (Phi) is 9.95. The van der Waals surface area contributed by atoms with E-state index >= 15 is 0 Å². The molecule has 0 bridgehead atoms. The zero-order valence-corrected chi connectivity index (χ0v) is 18.7. The van der Waals surface area contributed by atoms with Crippen molar-refractivity contribution >= 4 is 17.7 Å². The van der Waals surface area contributed by atoms with E-state index in [9.17, 15) is 19.5 Å². The lowest BCUT2D eigenvalue weighted by atomic mass is 9.84. The third kappa shape index (κ3) is 8.12. The van der Waals surface area contributed by atoms with Crippen LogP contribution in [0.1, 0.15) is 46.6 Å². The molecule has 0 aliphatic carbocycles. The minimum absolute atomic E-state index is 0.0431. The van der Waals surface area contributed by atoms with Crippen LogP contribution in [0.2, 0.25) is 0 Å². The number of aliphatic hydroxyl groups excluding tert-OH is 1. The number of nitrogens with one attached hydrogen (secondary N) is 3. The molecule has 0 radical (unpaired) electrons. The molecule has 0 aliphatic heterocycles. The molecule has 0 aromatic heterocycles. The van der Waals surface area contributed by atoms with Crippen LogP contribution < -0.4 is 16.1 Å². The summed E-state index contributed by atoms with van der Waals surface area (Å²) in [6.07, 6.45) is -1.35. The maximum absolute atomic E-state index is 12.9. The van der Waals surface area contributed by atoms with Crippen LogP contribution in [0.5, 0.6) is 0 Å². The number of rotatable bonds is 10. The number of aliphatic hydroxyl groups is 1. The quantitative estimate of drug-likeness (QED) is 0.428. The monoisotopic (exact) mass is 421 g/mol. The summed E-state index contributed by atoms with van der Waals surface area (Å²) in [4.78, 5) is 42.7. The van der Waals surface area contributed by atoms with Crippen molar-refractivity contribution in [3.8, 4) is 0 Å². The van der Waals surface area contributed by atoms with E-state index in [0.717, 1.165) is 5.56 Å². The molecular formula is C22H35N3O5. The molecule has 8 heteroatoms. The second kappa shape index (κ2) is 11.7. The van der Waals surface area contributed by atoms with Gasteiger partial charge in [0.15, 0.2) is 0 Å². The third-order valence-electron chi connectivity index (χ3n) is 4.63. The van der Waals surface area contributed by atoms with Crippen LogP contribution in [-0.2, 0) is 25.8 Å². The van der Waals surface area contributed by atoms with E-state index in [-0.39, 0.29) is 24.9 Å². The summed E-state index contributed by atoms with van der Waals surface area (Å²) < 4.78 is 0. The fraction of sp³-hybridized carbons (Fsp3) is 0.591. The normalized spacial score (nSPS) is 14.5. The van der Waals surface area contributed by atoms with Gasteiger partial charge in [0.2, 0.25) is 11.8 Å². The van der Waals surface area contributed by atoms with E-state index in [2.05, 4.69) is 16.1 Å². The molecule has 1 rings (SSSR count). The number of amides is 3. The minimum atomic E-state index is -1.62. The zero-order chi connectivity index (χ0) is 22.9. The summed E-state index contributed by atoms with van der Waals surface area (Å²) >= 11 is 0. The van der Waals surface area contributed by atoms with E-state index < -0.39 is 35.3 Å². The smallest absolute Gasteiger partial charge is 0.273 e. The molecule has 8 nitrogen and oxygen atoms in total. The van der Waals surface area contributed by atoms with Crippen molar-refractivity contribution in [3.05, 3.63) is 35.9 Å². The number of hydroxylamine groups is 1. The van der Waals surface area contributed by atoms with Gasteiger partial charge in [-0.1, -0.05) is 65.0 Å². The van der Waals surface area contributed by atoms with Crippen molar-refractivity contribution in [3.63, 3.8) is 0 Å². The maximum atomic E-state index is 12.9. The standard InChI is InChI=1S/C22H35N3O5/c1-14(2)12-16(19(27)24-18(21(29)23-6)22(3,4)5)17(26)20(28)25-30-13-15-10-8-7-9-11-15/h7-11,14,16-18,26H,12-13H2,1-6H3,(H,23,29)(H,24,27)(H,25,28)/t16-,17+,18-/m1/s1. The Balaban J connectivity index is 2.83. The number of likely N-dealkylation sites (N-methyl/N-ethyl adjacent to an activating group) is 1. The maximum Gasteiger partial charge on any atom is 0.273 e. The van der Waals surface area contributed by atoms with Crippen LogP contribution in [-0.4, -0.2) is 42.0 Å². The van der Waals surface area contributed by atoms with Crippen molar-refractivity contribution in [1.29, 1.82) is 0 Å². The molecule has 4 N–H and O–H groups in total. The van der Waals surface area contributed by atoms with E-state index in [0.29, 0.717) is 0 Å². The third-order valence-corrected chi connectivity index (χ3v) is 4.63. The number of hydrogen-bond donors (Lipinski definition) is 4. The Morgan fingerprint density at radius 3 is 2.13 bits per heavy atom. The predicted octanol–water partition coefficient (Wildman–Crippen LogP) is 1.53. The van der Waals surface area contributed by atoms with Crippen LogP contribution in [0.25, 0.3) is 0 Å². The zero-order valence-electron chi connectivity index (χ0n) is 18.7. The highest BCUT2D eigenvalue weighted by atomic mass is 16.7. The fourth-order valence-electron chi connectivity index (χ4n) is 2.96. The summed E-state index contributed by atoms with van der Waals surface area (Å²) in [6, 6.07) is 8.41. The topological polar surface area (TPSA) is 117 Å². The lowest BCUT2D eigenvalue weighted by molar-refractivity contribution is -0.151. The molecule has 3 atom stereocenters. The lowest BCUT2D eigenvalue weighted by Gasteiger charge is -2.32. The molecule has 3 amide bonds. The summed E-state index contributed by atoms with van der Waals surface area (Å²) in [5.74, 6) is -2.69.